The van der Waals surface area contributed by atoms with Gasteiger partial charge in [-0.15, -0.1) is 0 Å². The van der Waals surface area contributed by atoms with E-state index in [4.69, 9.17) is 20.0 Å². The van der Waals surface area contributed by atoms with E-state index in [9.17, 15) is 13.2 Å². The summed E-state index contributed by atoms with van der Waals surface area (Å²) in [6.07, 6.45) is 0.00666. The van der Waals surface area contributed by atoms with Gasteiger partial charge in [-0.3, -0.25) is 4.79 Å². The predicted molar refractivity (Wildman–Crippen MR) is 138 cm³/mol. The minimum Gasteiger partial charge on any atom is -0.492 e. The summed E-state index contributed by atoms with van der Waals surface area (Å²) >= 11 is 1.35. The highest BCUT2D eigenvalue weighted by molar-refractivity contribution is 7.89. The average Bonchev–Trinajstić information content (AvgIpc) is 3.25. The number of fused-ring (bicyclic) bond motifs is 1. The lowest BCUT2D eigenvalue weighted by Gasteiger charge is -2.20. The number of nitriles is 2. The smallest absolute Gasteiger partial charge is 0.279 e. The van der Waals surface area contributed by atoms with Crippen LogP contribution in [0.5, 0.6) is 5.75 Å². The van der Waals surface area contributed by atoms with Gasteiger partial charge in [0.15, 0.2) is 4.80 Å². The molecule has 1 aromatic heterocycles. The lowest BCUT2D eigenvalue weighted by Crippen LogP contribution is -2.32. The summed E-state index contributed by atoms with van der Waals surface area (Å²) in [5.41, 5.74) is 1.05. The molecule has 1 heterocycles. The number of aromatic nitrogens is 1. The predicted octanol–water partition coefficient (Wildman–Crippen LogP) is 3.31. The molecule has 0 atom stereocenters. The number of hydrogen-bond acceptors (Lipinski definition) is 8. The molecule has 2 aromatic carbocycles. The lowest BCUT2D eigenvalue weighted by atomic mass is 10.2. The van der Waals surface area contributed by atoms with Gasteiger partial charge in [0.25, 0.3) is 5.91 Å². The highest BCUT2D eigenvalue weighted by Crippen LogP contribution is 2.28. The topological polar surface area (TPSA) is 138 Å². The van der Waals surface area contributed by atoms with Crippen LogP contribution in [0.1, 0.15) is 30.1 Å². The zero-order chi connectivity index (χ0) is 26.8. The number of nitrogens with zero attached hydrogens (tertiary/aromatic N) is 5. The van der Waals surface area contributed by atoms with Crippen LogP contribution >= 0.6 is 11.3 Å². The first-order valence-corrected chi connectivity index (χ1v) is 13.8. The van der Waals surface area contributed by atoms with E-state index in [2.05, 4.69) is 4.99 Å². The minimum atomic E-state index is -3.93. The molecule has 3 aromatic rings. The average molecular weight is 542 g/mol. The van der Waals surface area contributed by atoms with E-state index in [1.807, 2.05) is 41.8 Å². The van der Waals surface area contributed by atoms with Crippen LogP contribution in [0.15, 0.2) is 52.4 Å². The summed E-state index contributed by atoms with van der Waals surface area (Å²) in [5.74, 6) is 0.165. The van der Waals surface area contributed by atoms with Crippen LogP contribution in [0.25, 0.3) is 10.2 Å². The number of methoxy groups -OCH3 is 1. The maximum absolute atomic E-state index is 13.0. The number of carbonyl (C=O) groups is 1. The molecule has 194 valence electrons. The van der Waals surface area contributed by atoms with Crippen LogP contribution in [-0.4, -0.2) is 56.6 Å². The normalized spacial score (nSPS) is 12.0. The molecule has 12 heteroatoms. The Bertz CT molecular complexity index is 1480. The quantitative estimate of drug-likeness (QED) is 0.343. The number of sulfonamides is 1. The highest BCUT2D eigenvalue weighted by Gasteiger charge is 2.24. The van der Waals surface area contributed by atoms with Crippen molar-refractivity contribution in [1.82, 2.24) is 8.87 Å². The van der Waals surface area contributed by atoms with Gasteiger partial charge in [0.1, 0.15) is 11.3 Å². The Morgan fingerprint density at radius 1 is 1.11 bits per heavy atom. The maximum Gasteiger partial charge on any atom is 0.279 e. The Morgan fingerprint density at radius 3 is 2.38 bits per heavy atom. The maximum atomic E-state index is 13.0. The highest BCUT2D eigenvalue weighted by atomic mass is 32.2. The van der Waals surface area contributed by atoms with Crippen molar-refractivity contribution in [3.63, 3.8) is 0 Å². The van der Waals surface area contributed by atoms with E-state index < -0.39 is 15.9 Å². The van der Waals surface area contributed by atoms with Crippen molar-refractivity contribution >= 4 is 37.5 Å². The first-order valence-electron chi connectivity index (χ1n) is 11.5. The number of benzene rings is 2. The van der Waals surface area contributed by atoms with Crippen molar-refractivity contribution in [2.24, 2.45) is 4.99 Å². The number of para-hydroxylation sites is 1. The van der Waals surface area contributed by atoms with E-state index in [0.29, 0.717) is 30.3 Å². The molecular weight excluding hydrogens is 514 g/mol. The molecule has 0 bridgehead atoms. The Labute approximate surface area is 219 Å². The fourth-order valence-corrected chi connectivity index (χ4v) is 6.13. The van der Waals surface area contributed by atoms with Gasteiger partial charge in [-0.05, 0) is 43.3 Å². The molecule has 0 aliphatic heterocycles. The van der Waals surface area contributed by atoms with E-state index in [0.717, 1.165) is 14.5 Å². The third-order valence-electron chi connectivity index (χ3n) is 5.37. The fraction of sp³-hybridized carbons (Fsp3) is 0.360. The van der Waals surface area contributed by atoms with Gasteiger partial charge in [0.2, 0.25) is 10.0 Å². The Hall–Kier alpha value is -3.55. The Morgan fingerprint density at radius 2 is 1.78 bits per heavy atom. The third-order valence-corrected chi connectivity index (χ3v) is 8.32. The van der Waals surface area contributed by atoms with Crippen molar-refractivity contribution in [1.29, 1.82) is 10.5 Å². The summed E-state index contributed by atoms with van der Waals surface area (Å²) in [6, 6.07) is 15.0. The molecule has 3 rings (SSSR count). The molecule has 10 nitrogen and oxygen atoms in total. The Kier molecular flexibility index (Phi) is 9.94. The van der Waals surface area contributed by atoms with Crippen LogP contribution in [-0.2, 0) is 21.3 Å². The first-order chi connectivity index (χ1) is 17.9. The number of thiazole rings is 1. The van der Waals surface area contributed by atoms with Gasteiger partial charge < -0.3 is 14.0 Å². The first kappa shape index (κ1) is 28.0. The zero-order valence-corrected chi connectivity index (χ0v) is 22.2. The molecule has 0 unspecified atom stereocenters. The molecule has 0 radical (unpaired) electrons. The number of hydrogen-bond donors (Lipinski definition) is 0. The van der Waals surface area contributed by atoms with Gasteiger partial charge in [0, 0.05) is 45.1 Å². The molecule has 0 aliphatic rings. The van der Waals surface area contributed by atoms with Crippen molar-refractivity contribution in [2.45, 2.75) is 31.2 Å². The molecule has 0 fully saturated rings. The van der Waals surface area contributed by atoms with Crippen LogP contribution in [0.2, 0.25) is 0 Å². The molecule has 37 heavy (non-hydrogen) atoms. The molecule has 0 spiro atoms. The zero-order valence-electron chi connectivity index (χ0n) is 20.6. The molecule has 0 aliphatic carbocycles. The van der Waals surface area contributed by atoms with Crippen molar-refractivity contribution in [3.05, 3.63) is 52.8 Å². The van der Waals surface area contributed by atoms with Crippen molar-refractivity contribution in [2.75, 3.05) is 33.4 Å². The number of carbonyl (C=O) groups excluding carboxylic acids is 1. The lowest BCUT2D eigenvalue weighted by molar-refractivity contribution is 0.0997. The molecule has 0 saturated heterocycles. The van der Waals surface area contributed by atoms with Gasteiger partial charge in [-0.2, -0.15) is 19.8 Å². The summed E-state index contributed by atoms with van der Waals surface area (Å²) in [5, 5.41) is 17.7. The third kappa shape index (κ3) is 6.61. The SMILES string of the molecule is CCOc1cccc2sc(=NC(=O)c3ccc(S(=O)(=O)N(CCC#N)CCC#N)cc3)n(CCOC)c12. The number of rotatable bonds is 12. The second-order valence-electron chi connectivity index (χ2n) is 7.73. The second-order valence-corrected chi connectivity index (χ2v) is 10.7. The van der Waals surface area contributed by atoms with Crippen LogP contribution in [0.3, 0.4) is 0 Å². The largest absolute Gasteiger partial charge is 0.492 e. The molecule has 1 amide bonds. The van der Waals surface area contributed by atoms with Gasteiger partial charge in [0.05, 0.1) is 34.9 Å². The standard InChI is InChI=1S/C25H27N5O5S2/c1-3-35-21-7-4-8-22-23(21)30(17-18-34-2)25(36-22)28-24(31)19-9-11-20(12-10-19)37(32,33)29(15-5-13-26)16-6-14-27/h4,7-12H,3,5-6,15-18H2,1-2H3. The van der Waals surface area contributed by atoms with Crippen LogP contribution in [0, 0.1) is 22.7 Å². The molecule has 0 N–H and O–H groups in total. The van der Waals surface area contributed by atoms with E-state index >= 15 is 0 Å². The number of ether oxygens (including phenoxy) is 2. The van der Waals surface area contributed by atoms with Crippen LogP contribution < -0.4 is 9.54 Å². The fourth-order valence-electron chi connectivity index (χ4n) is 3.62. The van der Waals surface area contributed by atoms with Crippen LogP contribution in [0.4, 0.5) is 0 Å². The molecule has 0 saturated carbocycles. The van der Waals surface area contributed by atoms with E-state index in [1.54, 1.807) is 7.11 Å². The second kappa shape index (κ2) is 13.1. The van der Waals surface area contributed by atoms with Crippen molar-refractivity contribution < 1.29 is 22.7 Å². The summed E-state index contributed by atoms with van der Waals surface area (Å²) < 4.78 is 41.0. The monoisotopic (exact) mass is 541 g/mol. The van der Waals surface area contributed by atoms with Gasteiger partial charge in [-0.1, -0.05) is 17.4 Å². The summed E-state index contributed by atoms with van der Waals surface area (Å²) in [6.45, 7) is 3.22. The van der Waals surface area contributed by atoms with Crippen molar-refractivity contribution in [3.8, 4) is 17.9 Å². The summed E-state index contributed by atoms with van der Waals surface area (Å²) in [7, 11) is -2.34. The molecular formula is C25H27N5O5S2. The van der Waals surface area contributed by atoms with E-state index in [-0.39, 0.29) is 36.4 Å². The Balaban J connectivity index is 1.96. The number of amides is 1. The summed E-state index contributed by atoms with van der Waals surface area (Å²) in [4.78, 5) is 17.8. The van der Waals surface area contributed by atoms with E-state index in [1.165, 1.54) is 35.6 Å². The minimum absolute atomic E-state index is 0.00333. The van der Waals surface area contributed by atoms with Gasteiger partial charge in [-0.25, -0.2) is 8.42 Å². The van der Waals surface area contributed by atoms with Gasteiger partial charge >= 0.3 is 0 Å².